The number of rotatable bonds is 6. The Bertz CT molecular complexity index is 1240. The molecule has 0 aliphatic heterocycles. The number of carbonyl (C=O) groups excluding carboxylic acids is 1. The van der Waals surface area contributed by atoms with Crippen LogP contribution in [0.1, 0.15) is 0 Å². The molecular weight excluding hydrogens is 411 g/mol. The Morgan fingerprint density at radius 1 is 0.812 bits per heavy atom. The van der Waals surface area contributed by atoms with Crippen molar-refractivity contribution in [1.82, 2.24) is 4.98 Å². The van der Waals surface area contributed by atoms with Gasteiger partial charge in [0.15, 0.2) is 11.5 Å². The summed E-state index contributed by atoms with van der Waals surface area (Å²) in [4.78, 5) is 16.5. The number of anilines is 4. The normalized spacial score (nSPS) is 10.5. The molecule has 0 radical (unpaired) electrons. The lowest BCUT2D eigenvalue weighted by atomic mass is 10.1. The average Bonchev–Trinajstić information content (AvgIpc) is 2.81. The lowest BCUT2D eigenvalue weighted by molar-refractivity contribution is 0.262. The van der Waals surface area contributed by atoms with Gasteiger partial charge in [0.25, 0.3) is 0 Å². The monoisotopic (exact) mass is 432 g/mol. The van der Waals surface area contributed by atoms with Crippen LogP contribution in [0.25, 0.3) is 10.9 Å². The number of ether oxygens (including phenoxy) is 2. The molecule has 0 fully saturated rings. The summed E-state index contributed by atoms with van der Waals surface area (Å²) < 4.78 is 23.7. The highest BCUT2D eigenvalue weighted by Crippen LogP contribution is 2.35. The first-order valence-corrected chi connectivity index (χ1v) is 9.77. The maximum atomic E-state index is 13.0. The largest absolute Gasteiger partial charge is 0.493 e. The van der Waals surface area contributed by atoms with E-state index in [9.17, 15) is 9.18 Å². The molecule has 3 aromatic carbocycles. The van der Waals surface area contributed by atoms with Crippen molar-refractivity contribution in [3.8, 4) is 11.5 Å². The summed E-state index contributed by atoms with van der Waals surface area (Å²) in [5.74, 6) is 0.861. The topological polar surface area (TPSA) is 84.5 Å². The quantitative estimate of drug-likeness (QED) is 0.360. The lowest BCUT2D eigenvalue weighted by Gasteiger charge is -2.13. The van der Waals surface area contributed by atoms with E-state index in [0.29, 0.717) is 22.9 Å². The number of pyridine rings is 1. The Morgan fingerprint density at radius 3 is 2.00 bits per heavy atom. The van der Waals surface area contributed by atoms with E-state index in [1.807, 2.05) is 30.3 Å². The predicted molar refractivity (Wildman–Crippen MR) is 124 cm³/mol. The van der Waals surface area contributed by atoms with E-state index >= 15 is 0 Å². The molecule has 32 heavy (non-hydrogen) atoms. The molecule has 162 valence electrons. The fourth-order valence-corrected chi connectivity index (χ4v) is 3.20. The minimum Gasteiger partial charge on any atom is -0.493 e. The minimum absolute atomic E-state index is 0.362. The van der Waals surface area contributed by atoms with Crippen molar-refractivity contribution in [2.24, 2.45) is 0 Å². The third-order valence-corrected chi connectivity index (χ3v) is 4.77. The van der Waals surface area contributed by atoms with Crippen LogP contribution in [0.3, 0.4) is 0 Å². The highest BCUT2D eigenvalue weighted by Gasteiger charge is 2.10. The summed E-state index contributed by atoms with van der Waals surface area (Å²) in [5.41, 5.74) is 3.56. The number of benzene rings is 3. The Morgan fingerprint density at radius 2 is 1.38 bits per heavy atom. The fraction of sp³-hybridized carbons (Fsp3) is 0.0833. The molecular formula is C24H21FN4O3. The molecule has 4 aromatic rings. The highest BCUT2D eigenvalue weighted by atomic mass is 19.1. The second kappa shape index (κ2) is 9.22. The molecule has 4 rings (SSSR count). The van der Waals surface area contributed by atoms with Gasteiger partial charge in [-0.1, -0.05) is 0 Å². The first kappa shape index (κ1) is 20.9. The van der Waals surface area contributed by atoms with Crippen LogP contribution in [0, 0.1) is 5.82 Å². The van der Waals surface area contributed by atoms with Crippen LogP contribution in [0.5, 0.6) is 11.5 Å². The molecule has 3 N–H and O–H groups in total. The molecule has 8 heteroatoms. The van der Waals surface area contributed by atoms with Crippen LogP contribution in [0.15, 0.2) is 72.9 Å². The van der Waals surface area contributed by atoms with Gasteiger partial charge in [0.1, 0.15) is 5.82 Å². The summed E-state index contributed by atoms with van der Waals surface area (Å²) in [7, 11) is 3.17. The number of halogens is 1. The molecule has 0 saturated heterocycles. The van der Waals surface area contributed by atoms with Gasteiger partial charge in [-0.2, -0.15) is 0 Å². The van der Waals surface area contributed by atoms with Crippen molar-refractivity contribution in [2.75, 3.05) is 30.2 Å². The van der Waals surface area contributed by atoms with E-state index in [2.05, 4.69) is 20.9 Å². The number of aromatic nitrogens is 1. The first-order valence-electron chi connectivity index (χ1n) is 9.77. The van der Waals surface area contributed by atoms with E-state index in [1.54, 1.807) is 32.5 Å². The number of amides is 2. The second-order valence-electron chi connectivity index (χ2n) is 6.87. The van der Waals surface area contributed by atoms with Gasteiger partial charge in [-0.05, 0) is 60.7 Å². The Hall–Kier alpha value is -4.33. The molecule has 0 spiro atoms. The van der Waals surface area contributed by atoms with Crippen molar-refractivity contribution in [1.29, 1.82) is 0 Å². The Labute approximate surface area is 184 Å². The molecule has 1 aromatic heterocycles. The summed E-state index contributed by atoms with van der Waals surface area (Å²) in [6.07, 6.45) is 1.71. The smallest absolute Gasteiger partial charge is 0.323 e. The van der Waals surface area contributed by atoms with E-state index in [-0.39, 0.29) is 5.82 Å². The Kier molecular flexibility index (Phi) is 6.03. The predicted octanol–water partition coefficient (Wildman–Crippen LogP) is 5.78. The third kappa shape index (κ3) is 4.70. The van der Waals surface area contributed by atoms with Crippen LogP contribution in [0.2, 0.25) is 0 Å². The molecule has 0 aliphatic rings. The van der Waals surface area contributed by atoms with E-state index < -0.39 is 6.03 Å². The van der Waals surface area contributed by atoms with E-state index in [0.717, 1.165) is 22.3 Å². The van der Waals surface area contributed by atoms with Gasteiger partial charge in [-0.25, -0.2) is 9.18 Å². The Balaban J connectivity index is 1.47. The van der Waals surface area contributed by atoms with Crippen LogP contribution in [-0.4, -0.2) is 25.2 Å². The molecule has 0 unspecified atom stereocenters. The van der Waals surface area contributed by atoms with Crippen LogP contribution in [0.4, 0.5) is 31.9 Å². The van der Waals surface area contributed by atoms with Crippen LogP contribution >= 0.6 is 0 Å². The second-order valence-corrected chi connectivity index (χ2v) is 6.87. The van der Waals surface area contributed by atoms with Crippen LogP contribution < -0.4 is 25.4 Å². The zero-order chi connectivity index (χ0) is 22.5. The van der Waals surface area contributed by atoms with Gasteiger partial charge >= 0.3 is 6.03 Å². The highest BCUT2D eigenvalue weighted by molar-refractivity contribution is 6.00. The third-order valence-electron chi connectivity index (χ3n) is 4.77. The maximum absolute atomic E-state index is 13.0. The molecule has 0 saturated carbocycles. The zero-order valence-electron chi connectivity index (χ0n) is 17.5. The first-order chi connectivity index (χ1) is 15.6. The van der Waals surface area contributed by atoms with Gasteiger partial charge in [0.05, 0.1) is 19.7 Å². The zero-order valence-corrected chi connectivity index (χ0v) is 17.5. The fourth-order valence-electron chi connectivity index (χ4n) is 3.20. The van der Waals surface area contributed by atoms with Crippen molar-refractivity contribution in [3.05, 3.63) is 78.7 Å². The molecule has 0 atom stereocenters. The van der Waals surface area contributed by atoms with Crippen molar-refractivity contribution < 1.29 is 18.7 Å². The van der Waals surface area contributed by atoms with Crippen molar-refractivity contribution in [2.45, 2.75) is 0 Å². The van der Waals surface area contributed by atoms with Crippen molar-refractivity contribution >= 4 is 39.7 Å². The molecule has 7 nitrogen and oxygen atoms in total. The summed E-state index contributed by atoms with van der Waals surface area (Å²) in [6, 6.07) is 18.0. The average molecular weight is 432 g/mol. The van der Waals surface area contributed by atoms with Crippen LogP contribution in [-0.2, 0) is 0 Å². The number of nitrogens with zero attached hydrogens (tertiary/aromatic N) is 1. The number of urea groups is 1. The minimum atomic E-state index is -0.418. The maximum Gasteiger partial charge on any atom is 0.323 e. The van der Waals surface area contributed by atoms with Gasteiger partial charge in [0, 0.05) is 40.4 Å². The van der Waals surface area contributed by atoms with Gasteiger partial charge < -0.3 is 25.4 Å². The number of hydrogen-bond acceptors (Lipinski definition) is 5. The number of nitrogens with one attached hydrogen (secondary N) is 3. The number of fused-ring (bicyclic) bond motifs is 1. The van der Waals surface area contributed by atoms with E-state index in [1.165, 1.54) is 24.3 Å². The van der Waals surface area contributed by atoms with E-state index in [4.69, 9.17) is 9.47 Å². The lowest BCUT2D eigenvalue weighted by Crippen LogP contribution is -2.19. The number of hydrogen-bond donors (Lipinski definition) is 3. The SMILES string of the molecule is COc1cc2nccc(Nc3ccc(NC(=O)Nc4ccc(F)cc4)cc3)c2cc1OC. The number of carbonyl (C=O) groups is 1. The van der Waals surface area contributed by atoms with Gasteiger partial charge in [0.2, 0.25) is 0 Å². The molecule has 1 heterocycles. The molecule has 2 amide bonds. The number of methoxy groups -OCH3 is 2. The molecule has 0 aliphatic carbocycles. The standard InChI is InChI=1S/C24H21FN4O3/c1-31-22-13-19-20(11-12-26-21(19)14-23(22)32-2)27-16-7-9-18(10-8-16)29-24(30)28-17-5-3-15(25)4-6-17/h3-14H,1-2H3,(H,26,27)(H2,28,29,30). The summed E-state index contributed by atoms with van der Waals surface area (Å²) >= 11 is 0. The molecule has 0 bridgehead atoms. The summed E-state index contributed by atoms with van der Waals surface area (Å²) in [5, 5.41) is 9.63. The van der Waals surface area contributed by atoms with Gasteiger partial charge in [-0.3, -0.25) is 4.98 Å². The van der Waals surface area contributed by atoms with Crippen molar-refractivity contribution in [3.63, 3.8) is 0 Å². The summed E-state index contributed by atoms with van der Waals surface area (Å²) in [6.45, 7) is 0. The van der Waals surface area contributed by atoms with Gasteiger partial charge in [-0.15, -0.1) is 0 Å².